The van der Waals surface area contributed by atoms with Crippen LogP contribution in [0.25, 0.3) is 11.1 Å². The number of nitrogen functional groups attached to an aromatic ring is 1. The minimum absolute atomic E-state index is 0.304. The number of anilines is 1. The molecule has 0 bridgehead atoms. The van der Waals surface area contributed by atoms with E-state index in [1.807, 2.05) is 16.8 Å². The van der Waals surface area contributed by atoms with E-state index in [9.17, 15) is 4.79 Å². The maximum absolute atomic E-state index is 11.3. The third kappa shape index (κ3) is 1.61. The lowest BCUT2D eigenvalue weighted by Crippen LogP contribution is -2.04. The maximum atomic E-state index is 11.3. The van der Waals surface area contributed by atoms with Crippen LogP contribution in [-0.2, 0) is 4.74 Å². The molecule has 3 N–H and O–H groups in total. The topological polar surface area (TPSA) is 68.1 Å². The number of H-pyrrole nitrogens is 1. The summed E-state index contributed by atoms with van der Waals surface area (Å²) in [5, 5.41) is 3.93. The van der Waals surface area contributed by atoms with Crippen LogP contribution in [0.2, 0.25) is 0 Å². The highest BCUT2D eigenvalue weighted by molar-refractivity contribution is 7.08. The molecule has 0 aliphatic rings. The molecule has 2 rings (SSSR count). The van der Waals surface area contributed by atoms with Crippen molar-refractivity contribution in [1.82, 2.24) is 4.98 Å². The minimum atomic E-state index is -0.450. The molecule has 0 saturated heterocycles. The lowest BCUT2D eigenvalue weighted by molar-refractivity contribution is 0.0596. The molecule has 0 aliphatic heterocycles. The third-order valence-corrected chi connectivity index (χ3v) is 2.83. The molecule has 0 aromatic carbocycles. The van der Waals surface area contributed by atoms with Gasteiger partial charge in [-0.2, -0.15) is 11.3 Å². The Morgan fingerprint density at radius 1 is 1.60 bits per heavy atom. The Balaban J connectivity index is 2.45. The number of nitrogens with one attached hydrogen (secondary N) is 1. The Bertz CT molecular complexity index is 474. The van der Waals surface area contributed by atoms with E-state index in [4.69, 9.17) is 5.73 Å². The zero-order valence-electron chi connectivity index (χ0n) is 8.11. The monoisotopic (exact) mass is 222 g/mol. The molecule has 0 saturated carbocycles. The van der Waals surface area contributed by atoms with Crippen molar-refractivity contribution in [2.24, 2.45) is 0 Å². The van der Waals surface area contributed by atoms with Gasteiger partial charge in [0.05, 0.1) is 12.8 Å². The molecular formula is C10H10N2O2S. The van der Waals surface area contributed by atoms with E-state index in [2.05, 4.69) is 9.72 Å². The first-order valence-corrected chi connectivity index (χ1v) is 5.26. The number of rotatable bonds is 2. The average Bonchev–Trinajstić information content (AvgIpc) is 2.85. The van der Waals surface area contributed by atoms with Crippen molar-refractivity contribution < 1.29 is 9.53 Å². The number of esters is 1. The van der Waals surface area contributed by atoms with Crippen LogP contribution in [0.1, 0.15) is 10.5 Å². The lowest BCUT2D eigenvalue weighted by atomic mass is 10.1. The summed E-state index contributed by atoms with van der Waals surface area (Å²) in [5.41, 5.74) is 8.41. The largest absolute Gasteiger partial charge is 0.464 e. The normalized spacial score (nSPS) is 10.2. The molecule has 2 aromatic rings. The highest BCUT2D eigenvalue weighted by Gasteiger charge is 2.16. The van der Waals surface area contributed by atoms with E-state index in [1.54, 1.807) is 17.5 Å². The molecule has 5 heteroatoms. The van der Waals surface area contributed by atoms with Gasteiger partial charge in [-0.25, -0.2) is 4.79 Å². The summed E-state index contributed by atoms with van der Waals surface area (Å²) < 4.78 is 4.60. The van der Waals surface area contributed by atoms with Crippen LogP contribution in [-0.4, -0.2) is 18.1 Å². The molecule has 2 heterocycles. The summed E-state index contributed by atoms with van der Waals surface area (Å²) in [4.78, 5) is 14.1. The number of methoxy groups -OCH3 is 1. The fraction of sp³-hybridized carbons (Fsp3) is 0.100. The summed E-state index contributed by atoms with van der Waals surface area (Å²) in [6.07, 6.45) is 1.71. The van der Waals surface area contributed by atoms with E-state index in [0.29, 0.717) is 11.4 Å². The van der Waals surface area contributed by atoms with Gasteiger partial charge in [0.15, 0.2) is 0 Å². The number of aromatic nitrogens is 1. The van der Waals surface area contributed by atoms with Crippen molar-refractivity contribution in [2.75, 3.05) is 12.8 Å². The van der Waals surface area contributed by atoms with Gasteiger partial charge in [0.1, 0.15) is 5.69 Å². The van der Waals surface area contributed by atoms with Gasteiger partial charge < -0.3 is 15.5 Å². The molecule has 4 nitrogen and oxygen atoms in total. The Morgan fingerprint density at radius 3 is 3.00 bits per heavy atom. The number of hydrogen-bond donors (Lipinski definition) is 2. The molecule has 78 valence electrons. The summed E-state index contributed by atoms with van der Waals surface area (Å²) in [6, 6.07) is 1.95. The summed E-state index contributed by atoms with van der Waals surface area (Å²) in [7, 11) is 1.33. The molecule has 0 amide bonds. The zero-order chi connectivity index (χ0) is 10.8. The first kappa shape index (κ1) is 9.79. The van der Waals surface area contributed by atoms with Crippen LogP contribution in [0.3, 0.4) is 0 Å². The fourth-order valence-electron chi connectivity index (χ4n) is 1.36. The number of hydrogen-bond acceptors (Lipinski definition) is 4. The number of thiophene rings is 1. The summed E-state index contributed by atoms with van der Waals surface area (Å²) >= 11 is 1.58. The van der Waals surface area contributed by atoms with Gasteiger partial charge in [-0.15, -0.1) is 0 Å². The third-order valence-electron chi connectivity index (χ3n) is 2.14. The van der Waals surface area contributed by atoms with E-state index in [-0.39, 0.29) is 0 Å². The van der Waals surface area contributed by atoms with Gasteiger partial charge in [-0.1, -0.05) is 0 Å². The van der Waals surface area contributed by atoms with Crippen molar-refractivity contribution in [3.8, 4) is 11.1 Å². The Hall–Kier alpha value is -1.75. The van der Waals surface area contributed by atoms with Crippen LogP contribution < -0.4 is 5.73 Å². The molecule has 15 heavy (non-hydrogen) atoms. The first-order chi connectivity index (χ1) is 7.24. The molecule has 0 atom stereocenters. The second-order valence-electron chi connectivity index (χ2n) is 2.99. The molecule has 0 spiro atoms. The molecule has 0 unspecified atom stereocenters. The average molecular weight is 222 g/mol. The van der Waals surface area contributed by atoms with Gasteiger partial charge in [0, 0.05) is 11.8 Å². The molecular weight excluding hydrogens is 212 g/mol. The van der Waals surface area contributed by atoms with Crippen molar-refractivity contribution in [3.05, 3.63) is 28.7 Å². The van der Waals surface area contributed by atoms with Crippen molar-refractivity contribution in [2.45, 2.75) is 0 Å². The van der Waals surface area contributed by atoms with E-state index >= 15 is 0 Å². The number of ether oxygens (including phenoxy) is 1. The quantitative estimate of drug-likeness (QED) is 0.765. The van der Waals surface area contributed by atoms with Gasteiger partial charge in [-0.05, 0) is 22.4 Å². The van der Waals surface area contributed by atoms with Crippen LogP contribution in [0.5, 0.6) is 0 Å². The van der Waals surface area contributed by atoms with Gasteiger partial charge in [0.25, 0.3) is 0 Å². The van der Waals surface area contributed by atoms with Crippen LogP contribution in [0, 0.1) is 0 Å². The molecule has 0 radical (unpaired) electrons. The van der Waals surface area contributed by atoms with Gasteiger partial charge >= 0.3 is 5.97 Å². The highest BCUT2D eigenvalue weighted by Crippen LogP contribution is 2.30. The second kappa shape index (κ2) is 3.78. The lowest BCUT2D eigenvalue weighted by Gasteiger charge is -1.98. The Morgan fingerprint density at radius 2 is 2.40 bits per heavy atom. The smallest absolute Gasteiger partial charge is 0.356 e. The van der Waals surface area contributed by atoms with Crippen LogP contribution >= 0.6 is 11.3 Å². The van der Waals surface area contributed by atoms with E-state index < -0.39 is 5.97 Å². The minimum Gasteiger partial charge on any atom is -0.464 e. The van der Waals surface area contributed by atoms with Crippen molar-refractivity contribution >= 4 is 23.0 Å². The molecule has 2 aromatic heterocycles. The number of carbonyl (C=O) groups excluding carboxylic acids is 1. The number of nitrogens with two attached hydrogens (primary N) is 1. The summed E-state index contributed by atoms with van der Waals surface area (Å²) in [5.74, 6) is -0.450. The zero-order valence-corrected chi connectivity index (χ0v) is 8.93. The Kier molecular flexibility index (Phi) is 2.47. The first-order valence-electron chi connectivity index (χ1n) is 4.31. The van der Waals surface area contributed by atoms with Crippen LogP contribution in [0.4, 0.5) is 5.69 Å². The van der Waals surface area contributed by atoms with E-state index in [0.717, 1.165) is 11.1 Å². The highest BCUT2D eigenvalue weighted by atomic mass is 32.1. The SMILES string of the molecule is COC(=O)c1[nH]cc(-c2ccsc2)c1N. The summed E-state index contributed by atoms with van der Waals surface area (Å²) in [6.45, 7) is 0. The number of carbonyl (C=O) groups is 1. The standard InChI is InChI=1S/C10H10N2O2S/c1-14-10(13)9-8(11)7(4-12-9)6-2-3-15-5-6/h2-5,12H,11H2,1H3. The number of aromatic amines is 1. The van der Waals surface area contributed by atoms with Crippen LogP contribution in [0.15, 0.2) is 23.0 Å². The second-order valence-corrected chi connectivity index (χ2v) is 3.77. The molecule has 0 aliphatic carbocycles. The van der Waals surface area contributed by atoms with E-state index in [1.165, 1.54) is 7.11 Å². The predicted octanol–water partition coefficient (Wildman–Crippen LogP) is 2.11. The van der Waals surface area contributed by atoms with Crippen molar-refractivity contribution in [1.29, 1.82) is 0 Å². The predicted molar refractivity (Wildman–Crippen MR) is 59.9 cm³/mol. The fourth-order valence-corrected chi connectivity index (χ4v) is 2.02. The van der Waals surface area contributed by atoms with Crippen molar-refractivity contribution in [3.63, 3.8) is 0 Å². The maximum Gasteiger partial charge on any atom is 0.356 e. The van der Waals surface area contributed by atoms with Gasteiger partial charge in [0.2, 0.25) is 0 Å². The van der Waals surface area contributed by atoms with Gasteiger partial charge in [-0.3, -0.25) is 0 Å². The Labute approximate surface area is 90.7 Å². The molecule has 0 fully saturated rings.